The first-order chi connectivity index (χ1) is 8.04. The Hall–Kier alpha value is -1.43. The van der Waals surface area contributed by atoms with Crippen molar-refractivity contribution in [2.75, 3.05) is 0 Å². The molecule has 2 heterocycles. The van der Waals surface area contributed by atoms with Gasteiger partial charge in [-0.2, -0.15) is 0 Å². The molecule has 0 saturated carbocycles. The standard InChI is InChI=1S/C11H13N3O2S/c1-6-5-7(2)13-11(12-6)17-8-3-4-9(15)14-10(8)16/h5,8H,3-4H2,1-2H3,(H,14,15,16). The predicted octanol–water partition coefficient (Wildman–Crippen LogP) is 0.991. The van der Waals surface area contributed by atoms with Gasteiger partial charge in [0, 0.05) is 17.8 Å². The molecule has 1 aliphatic heterocycles. The van der Waals surface area contributed by atoms with Gasteiger partial charge in [-0.25, -0.2) is 9.97 Å². The quantitative estimate of drug-likeness (QED) is 0.627. The Bertz CT molecular complexity index is 456. The van der Waals surface area contributed by atoms with Gasteiger partial charge in [0.2, 0.25) is 11.8 Å². The van der Waals surface area contributed by atoms with Crippen molar-refractivity contribution in [1.29, 1.82) is 0 Å². The second-order valence-corrected chi connectivity index (χ2v) is 5.16. The summed E-state index contributed by atoms with van der Waals surface area (Å²) in [5.41, 5.74) is 1.76. The van der Waals surface area contributed by atoms with Crippen LogP contribution in [0.2, 0.25) is 0 Å². The lowest BCUT2D eigenvalue weighted by Crippen LogP contribution is -2.42. The van der Waals surface area contributed by atoms with Crippen molar-refractivity contribution in [3.63, 3.8) is 0 Å². The fourth-order valence-electron chi connectivity index (χ4n) is 1.66. The van der Waals surface area contributed by atoms with Gasteiger partial charge in [0.05, 0.1) is 5.25 Å². The van der Waals surface area contributed by atoms with Crippen LogP contribution in [0.15, 0.2) is 11.2 Å². The van der Waals surface area contributed by atoms with Gasteiger partial charge in [-0.3, -0.25) is 14.9 Å². The first-order valence-corrected chi connectivity index (χ1v) is 6.25. The molecule has 1 aromatic rings. The topological polar surface area (TPSA) is 72.0 Å². The zero-order valence-corrected chi connectivity index (χ0v) is 10.5. The maximum Gasteiger partial charge on any atom is 0.240 e. The maximum absolute atomic E-state index is 11.6. The van der Waals surface area contributed by atoms with Crippen LogP contribution in [0.1, 0.15) is 24.2 Å². The summed E-state index contributed by atoms with van der Waals surface area (Å²) in [5, 5.41) is 2.65. The molecule has 2 amide bonds. The number of nitrogens with zero attached hydrogens (tertiary/aromatic N) is 2. The first kappa shape index (κ1) is 12.0. The van der Waals surface area contributed by atoms with E-state index >= 15 is 0 Å². The van der Waals surface area contributed by atoms with Gasteiger partial charge in [-0.15, -0.1) is 0 Å². The number of hydrogen-bond acceptors (Lipinski definition) is 5. The van der Waals surface area contributed by atoms with Crippen LogP contribution in [0.4, 0.5) is 0 Å². The van der Waals surface area contributed by atoms with E-state index in [4.69, 9.17) is 0 Å². The number of thioether (sulfide) groups is 1. The number of hydrogen-bond donors (Lipinski definition) is 1. The van der Waals surface area contributed by atoms with Crippen LogP contribution < -0.4 is 5.32 Å². The summed E-state index contributed by atoms with van der Waals surface area (Å²) in [7, 11) is 0. The highest BCUT2D eigenvalue weighted by atomic mass is 32.2. The monoisotopic (exact) mass is 251 g/mol. The number of amides is 2. The van der Waals surface area contributed by atoms with Crippen molar-refractivity contribution in [3.8, 4) is 0 Å². The van der Waals surface area contributed by atoms with Gasteiger partial charge >= 0.3 is 0 Å². The highest BCUT2D eigenvalue weighted by molar-refractivity contribution is 8.00. The summed E-state index contributed by atoms with van der Waals surface area (Å²) < 4.78 is 0. The van der Waals surface area contributed by atoms with E-state index in [9.17, 15) is 9.59 Å². The molecule has 17 heavy (non-hydrogen) atoms. The van der Waals surface area contributed by atoms with Crippen molar-refractivity contribution in [2.24, 2.45) is 0 Å². The Balaban J connectivity index is 2.10. The number of aromatic nitrogens is 2. The van der Waals surface area contributed by atoms with Gasteiger partial charge in [-0.1, -0.05) is 11.8 Å². The second-order valence-electron chi connectivity index (χ2n) is 3.99. The van der Waals surface area contributed by atoms with Crippen molar-refractivity contribution < 1.29 is 9.59 Å². The average Bonchev–Trinajstić information content (AvgIpc) is 2.21. The fourth-order valence-corrected chi connectivity index (χ4v) is 2.71. The Labute approximate surface area is 103 Å². The molecule has 0 spiro atoms. The summed E-state index contributed by atoms with van der Waals surface area (Å²) in [5.74, 6) is -0.442. The molecular formula is C11H13N3O2S. The van der Waals surface area contributed by atoms with Crippen molar-refractivity contribution in [3.05, 3.63) is 17.5 Å². The number of aryl methyl sites for hydroxylation is 2. The summed E-state index contributed by atoms with van der Waals surface area (Å²) in [6.45, 7) is 3.78. The summed E-state index contributed by atoms with van der Waals surface area (Å²) in [6.07, 6.45) is 0.930. The lowest BCUT2D eigenvalue weighted by atomic mass is 10.1. The lowest BCUT2D eigenvalue weighted by Gasteiger charge is -2.19. The Morgan fingerprint density at radius 3 is 2.53 bits per heavy atom. The molecule has 90 valence electrons. The minimum atomic E-state index is -0.270. The Morgan fingerprint density at radius 2 is 1.94 bits per heavy atom. The van der Waals surface area contributed by atoms with Crippen LogP contribution in [0.3, 0.4) is 0 Å². The van der Waals surface area contributed by atoms with Gasteiger partial charge in [0.1, 0.15) is 0 Å². The summed E-state index contributed by atoms with van der Waals surface area (Å²) >= 11 is 1.32. The minimum Gasteiger partial charge on any atom is -0.295 e. The third-order valence-corrected chi connectivity index (χ3v) is 3.53. The Kier molecular flexibility index (Phi) is 3.42. The molecule has 1 N–H and O–H groups in total. The molecule has 0 bridgehead atoms. The van der Waals surface area contributed by atoms with E-state index in [0.29, 0.717) is 18.0 Å². The van der Waals surface area contributed by atoms with E-state index in [0.717, 1.165) is 11.4 Å². The molecule has 0 radical (unpaired) electrons. The number of rotatable bonds is 2. The highest BCUT2D eigenvalue weighted by Gasteiger charge is 2.28. The summed E-state index contributed by atoms with van der Waals surface area (Å²) in [6, 6.07) is 1.88. The fraction of sp³-hybridized carbons (Fsp3) is 0.455. The van der Waals surface area contributed by atoms with E-state index in [1.165, 1.54) is 11.8 Å². The molecular weight excluding hydrogens is 238 g/mol. The Morgan fingerprint density at radius 1 is 1.29 bits per heavy atom. The normalized spacial score (nSPS) is 20.2. The van der Waals surface area contributed by atoms with Crippen LogP contribution in [-0.2, 0) is 9.59 Å². The van der Waals surface area contributed by atoms with Crippen LogP contribution in [0, 0.1) is 13.8 Å². The smallest absolute Gasteiger partial charge is 0.240 e. The third-order valence-electron chi connectivity index (χ3n) is 2.40. The number of carbonyl (C=O) groups is 2. The van der Waals surface area contributed by atoms with Crippen LogP contribution in [-0.4, -0.2) is 27.0 Å². The molecule has 1 unspecified atom stereocenters. The lowest BCUT2D eigenvalue weighted by molar-refractivity contribution is -0.132. The number of imide groups is 1. The SMILES string of the molecule is Cc1cc(C)nc(SC2CCC(=O)NC2=O)n1. The predicted molar refractivity (Wildman–Crippen MR) is 63.5 cm³/mol. The van der Waals surface area contributed by atoms with Gasteiger partial charge in [-0.05, 0) is 26.3 Å². The van der Waals surface area contributed by atoms with Crippen molar-refractivity contribution >= 4 is 23.6 Å². The van der Waals surface area contributed by atoms with E-state index in [1.807, 2.05) is 19.9 Å². The van der Waals surface area contributed by atoms with Gasteiger partial charge in [0.15, 0.2) is 5.16 Å². The highest BCUT2D eigenvalue weighted by Crippen LogP contribution is 2.25. The van der Waals surface area contributed by atoms with Crippen molar-refractivity contribution in [1.82, 2.24) is 15.3 Å². The molecule has 1 saturated heterocycles. The van der Waals surface area contributed by atoms with Crippen LogP contribution >= 0.6 is 11.8 Å². The van der Waals surface area contributed by atoms with Gasteiger partial charge in [0.25, 0.3) is 0 Å². The van der Waals surface area contributed by atoms with E-state index in [2.05, 4.69) is 15.3 Å². The molecule has 6 heteroatoms. The molecule has 2 rings (SSSR count). The molecule has 0 aliphatic carbocycles. The first-order valence-electron chi connectivity index (χ1n) is 5.37. The van der Waals surface area contributed by atoms with E-state index in [-0.39, 0.29) is 17.1 Å². The van der Waals surface area contributed by atoms with E-state index < -0.39 is 0 Å². The molecule has 1 aromatic heterocycles. The van der Waals surface area contributed by atoms with Crippen LogP contribution in [0.25, 0.3) is 0 Å². The number of nitrogens with one attached hydrogen (secondary N) is 1. The molecule has 0 aromatic carbocycles. The maximum atomic E-state index is 11.6. The zero-order chi connectivity index (χ0) is 12.4. The summed E-state index contributed by atoms with van der Waals surface area (Å²) in [4.78, 5) is 31.1. The molecule has 1 atom stereocenters. The zero-order valence-electron chi connectivity index (χ0n) is 9.69. The van der Waals surface area contributed by atoms with Crippen molar-refractivity contribution in [2.45, 2.75) is 37.1 Å². The molecule has 1 aliphatic rings. The number of carbonyl (C=O) groups excluding carboxylic acids is 2. The molecule has 1 fully saturated rings. The minimum absolute atomic E-state index is 0.201. The van der Waals surface area contributed by atoms with Crippen LogP contribution in [0.5, 0.6) is 0 Å². The third kappa shape index (κ3) is 3.03. The average molecular weight is 251 g/mol. The van der Waals surface area contributed by atoms with Gasteiger partial charge < -0.3 is 0 Å². The number of piperidine rings is 1. The molecule has 5 nitrogen and oxygen atoms in total. The largest absolute Gasteiger partial charge is 0.295 e. The second kappa shape index (κ2) is 4.83. The van der Waals surface area contributed by atoms with E-state index in [1.54, 1.807) is 0 Å².